The van der Waals surface area contributed by atoms with Gasteiger partial charge < -0.3 is 20.1 Å². The van der Waals surface area contributed by atoms with Gasteiger partial charge in [0.25, 0.3) is 0 Å². The van der Waals surface area contributed by atoms with E-state index < -0.39 is 5.60 Å². The predicted molar refractivity (Wildman–Crippen MR) is 89.5 cm³/mol. The number of pyridine rings is 1. The summed E-state index contributed by atoms with van der Waals surface area (Å²) < 4.78 is 10.7. The first-order valence-corrected chi connectivity index (χ1v) is 8.16. The Morgan fingerprint density at radius 2 is 2.17 bits per heavy atom. The molecule has 1 aliphatic rings. The van der Waals surface area contributed by atoms with Crippen molar-refractivity contribution in [2.24, 2.45) is 0 Å². The van der Waals surface area contributed by atoms with E-state index in [4.69, 9.17) is 15.2 Å². The highest BCUT2D eigenvalue weighted by atomic mass is 16.6. The summed E-state index contributed by atoms with van der Waals surface area (Å²) in [5.41, 5.74) is 5.03. The van der Waals surface area contributed by atoms with Crippen molar-refractivity contribution in [2.45, 2.75) is 58.1 Å². The van der Waals surface area contributed by atoms with Crippen LogP contribution in [0.3, 0.4) is 0 Å². The van der Waals surface area contributed by atoms with Crippen molar-refractivity contribution >= 4 is 17.9 Å². The molecule has 0 spiro atoms. The van der Waals surface area contributed by atoms with Crippen LogP contribution in [0.15, 0.2) is 18.3 Å². The summed E-state index contributed by atoms with van der Waals surface area (Å²) in [7, 11) is 0. The number of anilines is 1. The zero-order valence-corrected chi connectivity index (χ0v) is 14.4. The number of carbonyl (C=O) groups is 2. The van der Waals surface area contributed by atoms with E-state index in [0.717, 1.165) is 12.8 Å². The second-order valence-corrected chi connectivity index (χ2v) is 6.90. The highest BCUT2D eigenvalue weighted by Crippen LogP contribution is 2.24. The van der Waals surface area contributed by atoms with Crippen LogP contribution in [0.2, 0.25) is 0 Å². The summed E-state index contributed by atoms with van der Waals surface area (Å²) >= 11 is 0. The number of ether oxygens (including phenoxy) is 2. The molecule has 1 aromatic heterocycles. The first-order valence-electron chi connectivity index (χ1n) is 8.16. The summed E-state index contributed by atoms with van der Waals surface area (Å²) in [4.78, 5) is 29.7. The van der Waals surface area contributed by atoms with Crippen LogP contribution in [-0.2, 0) is 9.53 Å². The summed E-state index contributed by atoms with van der Waals surface area (Å²) in [5, 5.41) is 0. The van der Waals surface area contributed by atoms with Crippen LogP contribution in [0.1, 0.15) is 46.5 Å². The highest BCUT2D eigenvalue weighted by Gasteiger charge is 2.32. The van der Waals surface area contributed by atoms with Crippen molar-refractivity contribution in [1.82, 2.24) is 9.88 Å². The summed E-state index contributed by atoms with van der Waals surface area (Å²) in [6, 6.07) is 3.09. The van der Waals surface area contributed by atoms with Crippen LogP contribution in [0.25, 0.3) is 0 Å². The first-order chi connectivity index (χ1) is 11.2. The maximum atomic E-state index is 12.2. The van der Waals surface area contributed by atoms with Gasteiger partial charge in [0.15, 0.2) is 0 Å². The lowest BCUT2D eigenvalue weighted by atomic mass is 10.1. The van der Waals surface area contributed by atoms with E-state index in [2.05, 4.69) is 4.98 Å². The predicted octanol–water partition coefficient (Wildman–Crippen LogP) is 2.75. The van der Waals surface area contributed by atoms with Crippen LogP contribution in [0, 0.1) is 0 Å². The normalized spacial score (nSPS) is 17.6. The summed E-state index contributed by atoms with van der Waals surface area (Å²) in [5.74, 6) is 0.326. The Kier molecular flexibility index (Phi) is 5.64. The van der Waals surface area contributed by atoms with E-state index in [-0.39, 0.29) is 24.5 Å². The molecular weight excluding hydrogens is 310 g/mol. The van der Waals surface area contributed by atoms with Gasteiger partial charge >= 0.3 is 12.1 Å². The van der Waals surface area contributed by atoms with Crippen LogP contribution in [0.4, 0.5) is 10.6 Å². The summed E-state index contributed by atoms with van der Waals surface area (Å²) in [6.45, 7) is 6.19. The molecule has 1 aliphatic heterocycles. The van der Waals surface area contributed by atoms with Crippen molar-refractivity contribution in [3.63, 3.8) is 0 Å². The lowest BCUT2D eigenvalue weighted by Crippen LogP contribution is -2.40. The van der Waals surface area contributed by atoms with Crippen molar-refractivity contribution < 1.29 is 19.1 Å². The molecule has 0 saturated carbocycles. The Hall–Kier alpha value is -2.31. The molecule has 0 aliphatic carbocycles. The molecule has 132 valence electrons. The van der Waals surface area contributed by atoms with Gasteiger partial charge in [-0.25, -0.2) is 9.78 Å². The number of nitrogens with two attached hydrogens (primary N) is 1. The third-order valence-electron chi connectivity index (χ3n) is 3.67. The van der Waals surface area contributed by atoms with Gasteiger partial charge in [0.1, 0.15) is 17.2 Å². The fourth-order valence-electron chi connectivity index (χ4n) is 2.66. The standard InChI is InChI=1S/C17H25N3O4/c1-17(2,3)24-16(22)20-10-4-5-12(20)6-7-15(21)23-13-8-9-19-14(18)11-13/h8-9,11-12H,4-7,10H2,1-3H3,(H2,18,19). The van der Waals surface area contributed by atoms with Crippen molar-refractivity contribution in [1.29, 1.82) is 0 Å². The molecule has 0 aromatic carbocycles. The number of hydrogen-bond acceptors (Lipinski definition) is 6. The van der Waals surface area contributed by atoms with Crippen molar-refractivity contribution in [3.05, 3.63) is 18.3 Å². The monoisotopic (exact) mass is 335 g/mol. The third kappa shape index (κ3) is 5.40. The lowest BCUT2D eigenvalue weighted by Gasteiger charge is -2.28. The van der Waals surface area contributed by atoms with Gasteiger partial charge in [0.05, 0.1) is 0 Å². The zero-order valence-electron chi connectivity index (χ0n) is 14.4. The minimum absolute atomic E-state index is 0.00918. The smallest absolute Gasteiger partial charge is 0.410 e. The number of esters is 1. The van der Waals surface area contributed by atoms with Gasteiger partial charge in [-0.2, -0.15) is 0 Å². The molecule has 1 atom stereocenters. The fraction of sp³-hybridized carbons (Fsp3) is 0.588. The third-order valence-corrected chi connectivity index (χ3v) is 3.67. The highest BCUT2D eigenvalue weighted by molar-refractivity contribution is 5.73. The van der Waals surface area contributed by atoms with Crippen molar-refractivity contribution in [2.75, 3.05) is 12.3 Å². The number of aromatic nitrogens is 1. The first kappa shape index (κ1) is 18.0. The number of hydrogen-bond donors (Lipinski definition) is 1. The van der Waals surface area contributed by atoms with E-state index in [1.807, 2.05) is 20.8 Å². The van der Waals surface area contributed by atoms with E-state index in [1.54, 1.807) is 11.0 Å². The Bertz CT molecular complexity index is 598. The van der Waals surface area contributed by atoms with Gasteiger partial charge in [0, 0.05) is 31.3 Å². The molecule has 2 N–H and O–H groups in total. The minimum atomic E-state index is -0.523. The number of amides is 1. The second kappa shape index (κ2) is 7.51. The number of carbonyl (C=O) groups excluding carboxylic acids is 2. The Balaban J connectivity index is 1.84. The molecule has 7 nitrogen and oxygen atoms in total. The topological polar surface area (TPSA) is 94.8 Å². The van der Waals surface area contributed by atoms with Gasteiger partial charge in [-0.15, -0.1) is 0 Å². The van der Waals surface area contributed by atoms with E-state index in [0.29, 0.717) is 24.5 Å². The number of rotatable bonds is 4. The van der Waals surface area contributed by atoms with Gasteiger partial charge in [0.2, 0.25) is 0 Å². The molecule has 0 radical (unpaired) electrons. The average Bonchev–Trinajstić information content (AvgIpc) is 2.92. The molecule has 1 amide bonds. The molecule has 1 fully saturated rings. The number of nitrogens with zero attached hydrogens (tertiary/aromatic N) is 2. The quantitative estimate of drug-likeness (QED) is 0.850. The SMILES string of the molecule is CC(C)(C)OC(=O)N1CCCC1CCC(=O)Oc1ccnc(N)c1. The van der Waals surface area contributed by atoms with Crippen LogP contribution >= 0.6 is 0 Å². The Morgan fingerprint density at radius 3 is 2.83 bits per heavy atom. The zero-order chi connectivity index (χ0) is 17.7. The molecule has 1 unspecified atom stereocenters. The molecule has 1 saturated heterocycles. The van der Waals surface area contributed by atoms with Gasteiger partial charge in [-0.1, -0.05) is 0 Å². The Morgan fingerprint density at radius 1 is 1.42 bits per heavy atom. The minimum Gasteiger partial charge on any atom is -0.444 e. The maximum absolute atomic E-state index is 12.2. The van der Waals surface area contributed by atoms with Crippen LogP contribution < -0.4 is 10.5 Å². The second-order valence-electron chi connectivity index (χ2n) is 6.90. The molecule has 0 bridgehead atoms. The average molecular weight is 335 g/mol. The van der Waals surface area contributed by atoms with E-state index >= 15 is 0 Å². The summed E-state index contributed by atoms with van der Waals surface area (Å²) in [6.07, 6.45) is 3.73. The van der Waals surface area contributed by atoms with Crippen LogP contribution in [-0.4, -0.2) is 40.1 Å². The van der Waals surface area contributed by atoms with Gasteiger partial charge in [-0.3, -0.25) is 4.79 Å². The lowest BCUT2D eigenvalue weighted by molar-refractivity contribution is -0.134. The maximum Gasteiger partial charge on any atom is 0.410 e. The van der Waals surface area contributed by atoms with E-state index in [9.17, 15) is 9.59 Å². The van der Waals surface area contributed by atoms with Crippen LogP contribution in [0.5, 0.6) is 5.75 Å². The van der Waals surface area contributed by atoms with Crippen molar-refractivity contribution in [3.8, 4) is 5.75 Å². The largest absolute Gasteiger partial charge is 0.444 e. The number of likely N-dealkylation sites (tertiary alicyclic amines) is 1. The molecule has 1 aromatic rings. The number of nitrogen functional groups attached to an aromatic ring is 1. The Labute approximate surface area is 142 Å². The van der Waals surface area contributed by atoms with E-state index in [1.165, 1.54) is 12.3 Å². The molecule has 24 heavy (non-hydrogen) atoms. The fourth-order valence-corrected chi connectivity index (χ4v) is 2.66. The van der Waals surface area contributed by atoms with Gasteiger partial charge in [-0.05, 0) is 46.1 Å². The molecule has 2 rings (SSSR count). The molecule has 7 heteroatoms. The molecular formula is C17H25N3O4. The molecule has 2 heterocycles.